The van der Waals surface area contributed by atoms with Crippen LogP contribution in [0.15, 0.2) is 14.4 Å². The molecule has 3 atom stereocenters. The Bertz CT molecular complexity index is 610. The minimum atomic E-state index is -0.594. The van der Waals surface area contributed by atoms with Gasteiger partial charge in [0, 0.05) is 29.6 Å². The van der Waals surface area contributed by atoms with E-state index in [0.29, 0.717) is 19.8 Å². The number of nitrogens with zero attached hydrogens (tertiary/aromatic N) is 3. The van der Waals surface area contributed by atoms with Crippen molar-refractivity contribution in [3.63, 3.8) is 0 Å². The molecule has 3 unspecified atom stereocenters. The van der Waals surface area contributed by atoms with Crippen LogP contribution in [0.25, 0.3) is 0 Å². The molecule has 0 saturated carbocycles. The molecule has 0 N–H and O–H groups in total. The molecule has 3 fully saturated rings. The zero-order valence-corrected chi connectivity index (χ0v) is 14.3. The molecule has 4 heterocycles. The van der Waals surface area contributed by atoms with Crippen molar-refractivity contribution < 1.29 is 14.2 Å². The molecule has 4 rings (SSSR count). The summed E-state index contributed by atoms with van der Waals surface area (Å²) in [5, 5.41) is 0. The third kappa shape index (κ3) is 3.29. The molecule has 1 radical (unpaired) electrons. The third-order valence-corrected chi connectivity index (χ3v) is 3.75. The van der Waals surface area contributed by atoms with Crippen LogP contribution < -0.4 is 17.1 Å². The van der Waals surface area contributed by atoms with Crippen LogP contribution in [0.4, 0.5) is 0 Å². The van der Waals surface area contributed by atoms with Gasteiger partial charge < -0.3 is 14.2 Å². The fourth-order valence-electron chi connectivity index (χ4n) is 2.28. The van der Waals surface area contributed by atoms with Gasteiger partial charge >= 0.3 is 17.1 Å². The average molecular weight is 320 g/mol. The Balaban J connectivity index is 0.00000144. The van der Waals surface area contributed by atoms with Crippen molar-refractivity contribution in [2.24, 2.45) is 0 Å². The van der Waals surface area contributed by atoms with E-state index in [0.717, 1.165) is 13.7 Å². The molecule has 1 aromatic rings. The predicted molar refractivity (Wildman–Crippen MR) is 74.2 cm³/mol. The van der Waals surface area contributed by atoms with Gasteiger partial charge in [0.05, 0.1) is 57.8 Å². The SMILES string of the molecule is O=c1n(CC2CO2)c(=O)n(CC2CO2)c(=O)n1CC1CO1.[Na]. The average Bonchev–Trinajstić information content (AvgIpc) is 3.31. The van der Waals surface area contributed by atoms with E-state index in [2.05, 4.69) is 0 Å². The molecule has 0 amide bonds. The summed E-state index contributed by atoms with van der Waals surface area (Å²) in [4.78, 5) is 37.1. The van der Waals surface area contributed by atoms with Crippen molar-refractivity contribution in [3.8, 4) is 0 Å². The molecular weight excluding hydrogens is 305 g/mol. The maximum atomic E-state index is 12.4. The van der Waals surface area contributed by atoms with Gasteiger partial charge in [0.25, 0.3) is 0 Å². The summed E-state index contributed by atoms with van der Waals surface area (Å²) < 4.78 is 18.4. The second kappa shape index (κ2) is 6.06. The summed E-state index contributed by atoms with van der Waals surface area (Å²) in [6.07, 6.45) is -0.363. The van der Waals surface area contributed by atoms with Crippen molar-refractivity contribution in [2.45, 2.75) is 37.9 Å². The molecule has 0 aliphatic carbocycles. The molecule has 0 bridgehead atoms. The summed E-state index contributed by atoms with van der Waals surface area (Å²) in [5.41, 5.74) is -1.78. The molecule has 9 nitrogen and oxygen atoms in total. The summed E-state index contributed by atoms with van der Waals surface area (Å²) in [6.45, 7) is 2.12. The topological polar surface area (TPSA) is 104 Å². The van der Waals surface area contributed by atoms with Gasteiger partial charge in [-0.3, -0.25) is 0 Å². The van der Waals surface area contributed by atoms with Crippen LogP contribution in [0.2, 0.25) is 0 Å². The molecule has 0 spiro atoms. The van der Waals surface area contributed by atoms with E-state index < -0.39 is 17.1 Å². The maximum Gasteiger partial charge on any atom is 0.336 e. The molecule has 3 aliphatic rings. The minimum Gasteiger partial charge on any atom is -0.371 e. The molecule has 0 aromatic carbocycles. The van der Waals surface area contributed by atoms with Gasteiger partial charge in [-0.2, -0.15) is 0 Å². The molecule has 3 aliphatic heterocycles. The van der Waals surface area contributed by atoms with Crippen molar-refractivity contribution in [2.75, 3.05) is 19.8 Å². The zero-order chi connectivity index (χ0) is 14.6. The molecule has 115 valence electrons. The van der Waals surface area contributed by atoms with Crippen LogP contribution in [0.5, 0.6) is 0 Å². The first-order valence-electron chi connectivity index (χ1n) is 6.93. The van der Waals surface area contributed by atoms with E-state index in [-0.39, 0.29) is 67.5 Å². The Kier molecular flexibility index (Phi) is 4.45. The van der Waals surface area contributed by atoms with E-state index in [1.807, 2.05) is 0 Å². The first-order valence-corrected chi connectivity index (χ1v) is 6.93. The second-order valence-corrected chi connectivity index (χ2v) is 5.55. The van der Waals surface area contributed by atoms with Crippen LogP contribution in [-0.2, 0) is 33.8 Å². The van der Waals surface area contributed by atoms with Gasteiger partial charge in [0.1, 0.15) is 0 Å². The Hall–Kier alpha value is -0.710. The monoisotopic (exact) mass is 320 g/mol. The zero-order valence-electron chi connectivity index (χ0n) is 12.3. The number of rotatable bonds is 6. The van der Waals surface area contributed by atoms with Crippen LogP contribution in [0.1, 0.15) is 0 Å². The standard InChI is InChI=1S/C12H15N3O6.Na/c16-10-13(1-7-4-19-7)11(17)15(3-9-6-21-9)12(18)14(10)2-8-5-20-8;/h7-9H,1-6H2;. The van der Waals surface area contributed by atoms with E-state index in [9.17, 15) is 14.4 Å². The number of aromatic nitrogens is 3. The number of hydrogen-bond acceptors (Lipinski definition) is 6. The second-order valence-electron chi connectivity index (χ2n) is 5.55. The van der Waals surface area contributed by atoms with Crippen LogP contribution in [0, 0.1) is 0 Å². The molecule has 1 aromatic heterocycles. The summed E-state index contributed by atoms with van der Waals surface area (Å²) >= 11 is 0. The van der Waals surface area contributed by atoms with Gasteiger partial charge in [-0.15, -0.1) is 0 Å². The Morgan fingerprint density at radius 2 is 0.909 bits per heavy atom. The Morgan fingerprint density at radius 1 is 0.682 bits per heavy atom. The number of ether oxygens (including phenoxy) is 3. The largest absolute Gasteiger partial charge is 0.371 e. The van der Waals surface area contributed by atoms with Crippen molar-refractivity contribution in [1.29, 1.82) is 0 Å². The smallest absolute Gasteiger partial charge is 0.336 e. The summed E-state index contributed by atoms with van der Waals surface area (Å²) in [5.74, 6) is 0. The summed E-state index contributed by atoms with van der Waals surface area (Å²) in [7, 11) is 0. The van der Waals surface area contributed by atoms with Gasteiger partial charge in [-0.05, 0) is 0 Å². The maximum absolute atomic E-state index is 12.4. The van der Waals surface area contributed by atoms with E-state index >= 15 is 0 Å². The third-order valence-electron chi connectivity index (χ3n) is 3.75. The fourth-order valence-corrected chi connectivity index (χ4v) is 2.28. The minimum absolute atomic E-state index is 0. The predicted octanol–water partition coefficient (Wildman–Crippen LogP) is -3.01. The molecule has 10 heteroatoms. The quantitative estimate of drug-likeness (QED) is 0.408. The van der Waals surface area contributed by atoms with Crippen molar-refractivity contribution in [3.05, 3.63) is 31.5 Å². The fraction of sp³-hybridized carbons (Fsp3) is 0.750. The number of epoxide rings is 3. The normalized spacial score (nSPS) is 28.1. The van der Waals surface area contributed by atoms with E-state index in [1.54, 1.807) is 0 Å². The van der Waals surface area contributed by atoms with Gasteiger partial charge in [0.15, 0.2) is 0 Å². The Labute approximate surface area is 146 Å². The number of hydrogen-bond donors (Lipinski definition) is 0. The molecular formula is C12H15N3NaO6. The van der Waals surface area contributed by atoms with Gasteiger partial charge in [-0.1, -0.05) is 0 Å². The molecule has 22 heavy (non-hydrogen) atoms. The van der Waals surface area contributed by atoms with Crippen molar-refractivity contribution >= 4 is 29.6 Å². The first kappa shape index (κ1) is 16.2. The van der Waals surface area contributed by atoms with Crippen LogP contribution in [0.3, 0.4) is 0 Å². The van der Waals surface area contributed by atoms with Crippen LogP contribution >= 0.6 is 0 Å². The van der Waals surface area contributed by atoms with Gasteiger partial charge in [-0.25, -0.2) is 28.1 Å². The summed E-state index contributed by atoms with van der Waals surface area (Å²) in [6, 6.07) is 0. The van der Waals surface area contributed by atoms with Crippen LogP contribution in [-0.4, -0.2) is 81.4 Å². The first-order chi connectivity index (χ1) is 10.1. The van der Waals surface area contributed by atoms with Crippen molar-refractivity contribution in [1.82, 2.24) is 13.7 Å². The Morgan fingerprint density at radius 3 is 1.09 bits per heavy atom. The van der Waals surface area contributed by atoms with E-state index in [1.165, 1.54) is 0 Å². The van der Waals surface area contributed by atoms with Gasteiger partial charge in [0.2, 0.25) is 0 Å². The van der Waals surface area contributed by atoms with E-state index in [4.69, 9.17) is 14.2 Å². The molecule has 3 saturated heterocycles.